The number of hydrogen-bond acceptors (Lipinski definition) is 4. The Morgan fingerprint density at radius 2 is 1.72 bits per heavy atom. The number of amides is 1. The normalized spacial score (nSPS) is 12.7. The SMILES string of the molecule is COc1cc(CC(=O)N2Cc3cnn(Cc4ccc(F)cc4)c3C2)cc(OC)c1. The number of benzene rings is 2. The van der Waals surface area contributed by atoms with Crippen molar-refractivity contribution in [3.8, 4) is 11.5 Å². The van der Waals surface area contributed by atoms with Crippen molar-refractivity contribution in [2.45, 2.75) is 26.1 Å². The molecule has 0 atom stereocenters. The van der Waals surface area contributed by atoms with Crippen molar-refractivity contribution < 1.29 is 18.7 Å². The van der Waals surface area contributed by atoms with Crippen LogP contribution >= 0.6 is 0 Å². The van der Waals surface area contributed by atoms with E-state index in [1.165, 1.54) is 12.1 Å². The number of rotatable bonds is 6. The van der Waals surface area contributed by atoms with Crippen LogP contribution in [0, 0.1) is 5.82 Å². The third-order valence-electron chi connectivity index (χ3n) is 5.10. The number of fused-ring (bicyclic) bond motifs is 1. The molecule has 1 aromatic heterocycles. The molecule has 0 saturated heterocycles. The maximum atomic E-state index is 13.1. The fourth-order valence-corrected chi connectivity index (χ4v) is 3.54. The maximum Gasteiger partial charge on any atom is 0.227 e. The largest absolute Gasteiger partial charge is 0.497 e. The van der Waals surface area contributed by atoms with Crippen LogP contribution in [0.3, 0.4) is 0 Å². The van der Waals surface area contributed by atoms with Crippen LogP contribution in [0.2, 0.25) is 0 Å². The van der Waals surface area contributed by atoms with Gasteiger partial charge in [-0.1, -0.05) is 12.1 Å². The van der Waals surface area contributed by atoms with Gasteiger partial charge in [0, 0.05) is 18.2 Å². The molecule has 0 spiro atoms. The number of carbonyl (C=O) groups excluding carboxylic acids is 1. The second-order valence-corrected chi connectivity index (χ2v) is 7.05. The van der Waals surface area contributed by atoms with Crippen LogP contribution in [0.15, 0.2) is 48.7 Å². The van der Waals surface area contributed by atoms with E-state index in [2.05, 4.69) is 5.10 Å². The summed E-state index contributed by atoms with van der Waals surface area (Å²) < 4.78 is 25.6. The van der Waals surface area contributed by atoms with Crippen molar-refractivity contribution in [1.29, 1.82) is 0 Å². The maximum absolute atomic E-state index is 13.1. The molecule has 6 nitrogen and oxygen atoms in total. The molecule has 0 radical (unpaired) electrons. The summed E-state index contributed by atoms with van der Waals surface area (Å²) in [4.78, 5) is 14.7. The molecule has 3 aromatic rings. The molecule has 150 valence electrons. The van der Waals surface area contributed by atoms with Gasteiger partial charge < -0.3 is 14.4 Å². The molecule has 1 amide bonds. The van der Waals surface area contributed by atoms with Gasteiger partial charge in [0.2, 0.25) is 5.91 Å². The lowest BCUT2D eigenvalue weighted by atomic mass is 10.1. The van der Waals surface area contributed by atoms with E-state index in [4.69, 9.17) is 9.47 Å². The van der Waals surface area contributed by atoms with Crippen molar-refractivity contribution >= 4 is 5.91 Å². The molecule has 0 aliphatic carbocycles. The van der Waals surface area contributed by atoms with Crippen LogP contribution in [0.5, 0.6) is 11.5 Å². The second-order valence-electron chi connectivity index (χ2n) is 7.05. The molecule has 0 unspecified atom stereocenters. The van der Waals surface area contributed by atoms with E-state index in [9.17, 15) is 9.18 Å². The van der Waals surface area contributed by atoms with Gasteiger partial charge in [-0.2, -0.15) is 5.10 Å². The number of ether oxygens (including phenoxy) is 2. The number of halogens is 1. The van der Waals surface area contributed by atoms with E-state index in [1.807, 2.05) is 21.7 Å². The number of nitrogens with zero attached hydrogens (tertiary/aromatic N) is 3. The van der Waals surface area contributed by atoms with Gasteiger partial charge in [-0.05, 0) is 35.4 Å². The van der Waals surface area contributed by atoms with Gasteiger partial charge in [-0.25, -0.2) is 4.39 Å². The number of carbonyl (C=O) groups is 1. The summed E-state index contributed by atoms with van der Waals surface area (Å²) >= 11 is 0. The molecule has 7 heteroatoms. The van der Waals surface area contributed by atoms with Gasteiger partial charge in [0.15, 0.2) is 0 Å². The minimum atomic E-state index is -0.259. The van der Waals surface area contributed by atoms with Crippen LogP contribution < -0.4 is 9.47 Å². The fraction of sp³-hybridized carbons (Fsp3) is 0.273. The predicted molar refractivity (Wildman–Crippen MR) is 105 cm³/mol. The lowest BCUT2D eigenvalue weighted by Gasteiger charge is -2.17. The molecule has 0 fully saturated rings. The van der Waals surface area contributed by atoms with Crippen molar-refractivity contribution in [1.82, 2.24) is 14.7 Å². The van der Waals surface area contributed by atoms with Crippen LogP contribution in [0.4, 0.5) is 4.39 Å². The number of aromatic nitrogens is 2. The zero-order chi connectivity index (χ0) is 20.4. The first kappa shape index (κ1) is 19.0. The highest BCUT2D eigenvalue weighted by Gasteiger charge is 2.27. The first-order chi connectivity index (χ1) is 14.1. The average Bonchev–Trinajstić information content (AvgIpc) is 3.31. The predicted octanol–water partition coefficient (Wildman–Crippen LogP) is 3.17. The molecule has 0 N–H and O–H groups in total. The Labute approximate surface area is 168 Å². The van der Waals surface area contributed by atoms with Crippen molar-refractivity contribution in [2.24, 2.45) is 0 Å². The standard InChI is InChI=1S/C22H22FN3O3/c1-28-19-7-16(8-20(10-19)29-2)9-22(27)25-13-17-11-24-26(21(17)14-25)12-15-3-5-18(23)6-4-15/h3-8,10-11H,9,12-14H2,1-2H3. The van der Waals surface area contributed by atoms with Crippen LogP contribution in [0.1, 0.15) is 22.4 Å². The van der Waals surface area contributed by atoms with Crippen LogP contribution in [-0.4, -0.2) is 34.8 Å². The average molecular weight is 395 g/mol. The Hall–Kier alpha value is -3.35. The first-order valence-corrected chi connectivity index (χ1v) is 9.33. The van der Waals surface area contributed by atoms with E-state index >= 15 is 0 Å². The van der Waals surface area contributed by atoms with Crippen LogP contribution in [-0.2, 0) is 30.8 Å². The molecule has 2 aromatic carbocycles. The minimum absolute atomic E-state index is 0.0323. The van der Waals surface area contributed by atoms with Gasteiger partial charge in [-0.15, -0.1) is 0 Å². The number of methoxy groups -OCH3 is 2. The Kier molecular flexibility index (Phi) is 5.20. The van der Waals surface area contributed by atoms with Gasteiger partial charge in [0.1, 0.15) is 17.3 Å². The molecule has 29 heavy (non-hydrogen) atoms. The molecule has 1 aliphatic rings. The molecule has 1 aliphatic heterocycles. The summed E-state index contributed by atoms with van der Waals surface area (Å²) in [6.45, 7) is 1.60. The van der Waals surface area contributed by atoms with E-state index in [0.717, 1.165) is 22.4 Å². The topological polar surface area (TPSA) is 56.6 Å². The Bertz CT molecular complexity index is 1010. The van der Waals surface area contributed by atoms with E-state index in [1.54, 1.807) is 38.6 Å². The Balaban J connectivity index is 1.45. The highest BCUT2D eigenvalue weighted by Crippen LogP contribution is 2.26. The highest BCUT2D eigenvalue weighted by atomic mass is 19.1. The molecule has 0 bridgehead atoms. The summed E-state index contributed by atoms with van der Waals surface area (Å²) in [7, 11) is 3.18. The summed E-state index contributed by atoms with van der Waals surface area (Å²) in [6, 6.07) is 11.9. The molecular weight excluding hydrogens is 373 g/mol. The molecular formula is C22H22FN3O3. The first-order valence-electron chi connectivity index (χ1n) is 9.33. The van der Waals surface area contributed by atoms with Gasteiger partial charge in [-0.3, -0.25) is 9.48 Å². The summed E-state index contributed by atoms with van der Waals surface area (Å²) in [6.07, 6.45) is 2.07. The fourth-order valence-electron chi connectivity index (χ4n) is 3.54. The van der Waals surface area contributed by atoms with E-state index in [0.29, 0.717) is 31.1 Å². The zero-order valence-electron chi connectivity index (χ0n) is 16.4. The highest BCUT2D eigenvalue weighted by molar-refractivity contribution is 5.79. The lowest BCUT2D eigenvalue weighted by Crippen LogP contribution is -2.27. The second kappa shape index (κ2) is 7.95. The zero-order valence-corrected chi connectivity index (χ0v) is 16.4. The smallest absolute Gasteiger partial charge is 0.227 e. The quantitative estimate of drug-likeness (QED) is 0.643. The third kappa shape index (κ3) is 4.08. The molecule has 2 heterocycles. The van der Waals surface area contributed by atoms with Gasteiger partial charge in [0.25, 0.3) is 0 Å². The van der Waals surface area contributed by atoms with E-state index in [-0.39, 0.29) is 18.1 Å². The third-order valence-corrected chi connectivity index (χ3v) is 5.10. The van der Waals surface area contributed by atoms with Gasteiger partial charge in [0.05, 0.1) is 45.6 Å². The lowest BCUT2D eigenvalue weighted by molar-refractivity contribution is -0.131. The van der Waals surface area contributed by atoms with Crippen molar-refractivity contribution in [2.75, 3.05) is 14.2 Å². The summed E-state index contributed by atoms with van der Waals surface area (Å²) in [5, 5.41) is 4.43. The van der Waals surface area contributed by atoms with Crippen LogP contribution in [0.25, 0.3) is 0 Å². The Morgan fingerprint density at radius 1 is 1.03 bits per heavy atom. The Morgan fingerprint density at radius 3 is 2.38 bits per heavy atom. The number of hydrogen-bond donors (Lipinski definition) is 0. The minimum Gasteiger partial charge on any atom is -0.497 e. The van der Waals surface area contributed by atoms with Crippen molar-refractivity contribution in [3.63, 3.8) is 0 Å². The molecule has 4 rings (SSSR count). The molecule has 0 saturated carbocycles. The monoisotopic (exact) mass is 395 g/mol. The van der Waals surface area contributed by atoms with Gasteiger partial charge >= 0.3 is 0 Å². The summed E-state index contributed by atoms with van der Waals surface area (Å²) in [5.41, 5.74) is 3.87. The summed E-state index contributed by atoms with van der Waals surface area (Å²) in [5.74, 6) is 1.09. The van der Waals surface area contributed by atoms with E-state index < -0.39 is 0 Å². The van der Waals surface area contributed by atoms with Crippen molar-refractivity contribution in [3.05, 3.63) is 76.9 Å².